The second-order valence-electron chi connectivity index (χ2n) is 7.45. The van der Waals surface area contributed by atoms with Crippen molar-refractivity contribution in [1.82, 2.24) is 0 Å². The van der Waals surface area contributed by atoms with E-state index < -0.39 is 9.24 Å². The third kappa shape index (κ3) is 18.8. The van der Waals surface area contributed by atoms with Gasteiger partial charge in [-0.3, -0.25) is 0 Å². The molecule has 0 aromatic heterocycles. The quantitative estimate of drug-likeness (QED) is 0.213. The van der Waals surface area contributed by atoms with Gasteiger partial charge in [-0.25, -0.2) is 0 Å². The number of hydrogen-bond donors (Lipinski definition) is 0. The van der Waals surface area contributed by atoms with Crippen molar-refractivity contribution in [2.45, 2.75) is 117 Å². The Labute approximate surface area is 154 Å². The number of rotatable bonds is 18. The van der Waals surface area contributed by atoms with Gasteiger partial charge in [-0.1, -0.05) is 121 Å². The van der Waals surface area contributed by atoms with Crippen molar-refractivity contribution in [3.8, 4) is 0 Å². The van der Waals surface area contributed by atoms with E-state index in [0.29, 0.717) is 0 Å². The number of halogens is 1. The molecule has 0 bridgehead atoms. The van der Waals surface area contributed by atoms with Gasteiger partial charge in [0.2, 0.25) is 0 Å². The summed E-state index contributed by atoms with van der Waals surface area (Å²) < 4.78 is 0. The Balaban J connectivity index is 3.05. The summed E-state index contributed by atoms with van der Waals surface area (Å²) in [4.78, 5) is 0. The van der Waals surface area contributed by atoms with E-state index in [1.54, 1.807) is 0 Å². The molecule has 0 aliphatic carbocycles. The summed E-state index contributed by atoms with van der Waals surface area (Å²) >= 11 is 0. The second kappa shape index (κ2) is 17.5. The lowest BCUT2D eigenvalue weighted by Gasteiger charge is -2.25. The van der Waals surface area contributed by atoms with Gasteiger partial charge in [0, 0.05) is 0 Å². The second-order valence-corrected chi connectivity index (χ2v) is 13.0. The fourth-order valence-electron chi connectivity index (χ4n) is 3.10. The first-order valence-corrected chi connectivity index (χ1v) is 13.8. The Morgan fingerprint density at radius 2 is 0.826 bits per heavy atom. The molecule has 23 heavy (non-hydrogen) atoms. The van der Waals surface area contributed by atoms with Gasteiger partial charge in [0.1, 0.15) is 0 Å². The van der Waals surface area contributed by atoms with E-state index in [2.05, 4.69) is 20.1 Å². The van der Waals surface area contributed by atoms with E-state index in [9.17, 15) is 0 Å². The van der Waals surface area contributed by atoms with Crippen LogP contribution in [0.25, 0.3) is 0 Å². The van der Waals surface area contributed by atoms with Crippen LogP contribution in [0.4, 0.5) is 0 Å². The predicted octanol–water partition coefficient (Wildman–Crippen LogP) is 8.86. The molecule has 1 unspecified atom stereocenters. The zero-order valence-electron chi connectivity index (χ0n) is 16.5. The maximum absolute atomic E-state index is 6.47. The van der Waals surface area contributed by atoms with Crippen molar-refractivity contribution in [2.24, 2.45) is 0 Å². The van der Waals surface area contributed by atoms with Crippen LogP contribution < -0.4 is 0 Å². The Bertz CT molecular complexity index is 228. The summed E-state index contributed by atoms with van der Waals surface area (Å²) in [7, 11) is 5.70. The minimum Gasteiger partial charge on any atom is -0.166 e. The molecular formula is C21H45ClS. The topological polar surface area (TPSA) is 0 Å². The molecule has 0 aromatic rings. The molecule has 0 heterocycles. The first-order valence-electron chi connectivity index (χ1n) is 10.6. The average molecular weight is 365 g/mol. The monoisotopic (exact) mass is 364 g/mol. The molecule has 0 N–H and O–H groups in total. The van der Waals surface area contributed by atoms with Crippen LogP contribution >= 0.6 is 19.9 Å². The Morgan fingerprint density at radius 1 is 0.522 bits per heavy atom. The third-order valence-electron chi connectivity index (χ3n) is 5.03. The minimum atomic E-state index is -0.767. The molecular weight excluding hydrogens is 320 g/mol. The fraction of sp³-hybridized carbons (Fsp3) is 1.00. The lowest BCUT2D eigenvalue weighted by atomic mass is 10.0. The molecule has 0 saturated carbocycles. The summed E-state index contributed by atoms with van der Waals surface area (Å²) in [5.74, 6) is 2.44. The SMILES string of the molecule is CCCCCCCCCCCCCCCCCCS(C)(Cl)CC. The van der Waals surface area contributed by atoms with E-state index in [-0.39, 0.29) is 0 Å². The fourth-order valence-corrected chi connectivity index (χ4v) is 4.52. The highest BCUT2D eigenvalue weighted by atomic mass is 35.7. The molecule has 0 fully saturated rings. The van der Waals surface area contributed by atoms with Gasteiger partial charge < -0.3 is 0 Å². The summed E-state index contributed by atoms with van der Waals surface area (Å²) in [6.07, 6.45) is 25.4. The minimum absolute atomic E-state index is 0.767. The van der Waals surface area contributed by atoms with E-state index in [1.807, 2.05) is 0 Å². The van der Waals surface area contributed by atoms with Gasteiger partial charge in [-0.05, 0) is 24.2 Å². The van der Waals surface area contributed by atoms with Gasteiger partial charge in [0.25, 0.3) is 0 Å². The predicted molar refractivity (Wildman–Crippen MR) is 114 cm³/mol. The zero-order chi connectivity index (χ0) is 17.2. The summed E-state index contributed by atoms with van der Waals surface area (Å²) in [5.41, 5.74) is 0. The lowest BCUT2D eigenvalue weighted by Crippen LogP contribution is -1.98. The van der Waals surface area contributed by atoms with Crippen molar-refractivity contribution >= 4 is 19.9 Å². The van der Waals surface area contributed by atoms with Gasteiger partial charge in [-0.15, -0.1) is 0 Å². The number of hydrogen-bond acceptors (Lipinski definition) is 0. The first kappa shape index (κ1) is 23.6. The van der Waals surface area contributed by atoms with Crippen LogP contribution in [-0.2, 0) is 0 Å². The lowest BCUT2D eigenvalue weighted by molar-refractivity contribution is 0.531. The van der Waals surface area contributed by atoms with Crippen LogP contribution in [0.5, 0.6) is 0 Å². The van der Waals surface area contributed by atoms with Crippen molar-refractivity contribution in [3.63, 3.8) is 0 Å². The van der Waals surface area contributed by atoms with Crippen molar-refractivity contribution in [2.75, 3.05) is 17.8 Å². The standard InChI is InChI=1S/C21H45ClS/c1-4-6-7-8-9-10-11-12-13-14-15-16-17-18-19-20-21-23(3,22)5-2/h4-21H2,1-3H3. The summed E-state index contributed by atoms with van der Waals surface area (Å²) in [6, 6.07) is 0. The average Bonchev–Trinajstić information content (AvgIpc) is 2.54. The Kier molecular flexibility index (Phi) is 17.9. The van der Waals surface area contributed by atoms with Gasteiger partial charge in [0.15, 0.2) is 0 Å². The van der Waals surface area contributed by atoms with Crippen molar-refractivity contribution < 1.29 is 0 Å². The normalized spacial score (nSPS) is 15.5. The molecule has 1 atom stereocenters. The highest BCUT2D eigenvalue weighted by molar-refractivity contribution is 8.50. The highest BCUT2D eigenvalue weighted by Crippen LogP contribution is 2.49. The molecule has 0 aliphatic heterocycles. The summed E-state index contributed by atoms with van der Waals surface area (Å²) in [5, 5.41) is 0. The smallest absolute Gasteiger partial charge is 0.0103 e. The molecule has 2 heteroatoms. The molecule has 0 spiro atoms. The largest absolute Gasteiger partial charge is 0.166 e. The Hall–Kier alpha value is 0.640. The highest BCUT2D eigenvalue weighted by Gasteiger charge is 2.10. The molecule has 0 aliphatic rings. The van der Waals surface area contributed by atoms with Crippen LogP contribution in [0.2, 0.25) is 0 Å². The van der Waals surface area contributed by atoms with Crippen molar-refractivity contribution in [3.05, 3.63) is 0 Å². The van der Waals surface area contributed by atoms with E-state index in [1.165, 1.54) is 114 Å². The zero-order valence-corrected chi connectivity index (χ0v) is 18.1. The van der Waals surface area contributed by atoms with Gasteiger partial charge >= 0.3 is 0 Å². The van der Waals surface area contributed by atoms with Crippen LogP contribution in [0, 0.1) is 0 Å². The number of unbranched alkanes of at least 4 members (excludes halogenated alkanes) is 15. The van der Waals surface area contributed by atoms with Crippen LogP contribution in [0.1, 0.15) is 117 Å². The van der Waals surface area contributed by atoms with E-state index in [0.717, 1.165) is 0 Å². The molecule has 142 valence electrons. The maximum atomic E-state index is 6.47. The van der Waals surface area contributed by atoms with Gasteiger partial charge in [-0.2, -0.15) is 9.24 Å². The van der Waals surface area contributed by atoms with Gasteiger partial charge in [0.05, 0.1) is 0 Å². The molecule has 0 amide bonds. The van der Waals surface area contributed by atoms with Crippen LogP contribution in [0.3, 0.4) is 0 Å². The summed E-state index contributed by atoms with van der Waals surface area (Å²) in [6.45, 7) is 4.53. The third-order valence-corrected chi connectivity index (χ3v) is 8.49. The van der Waals surface area contributed by atoms with E-state index in [4.69, 9.17) is 10.7 Å². The molecule has 0 rings (SSSR count). The molecule has 0 nitrogen and oxygen atoms in total. The van der Waals surface area contributed by atoms with Crippen LogP contribution in [0.15, 0.2) is 0 Å². The van der Waals surface area contributed by atoms with Crippen LogP contribution in [-0.4, -0.2) is 17.8 Å². The van der Waals surface area contributed by atoms with E-state index >= 15 is 0 Å². The molecule has 0 saturated heterocycles. The van der Waals surface area contributed by atoms with Crippen molar-refractivity contribution in [1.29, 1.82) is 0 Å². The first-order chi connectivity index (χ1) is 11.1. The maximum Gasteiger partial charge on any atom is -0.0103 e. The Morgan fingerprint density at radius 3 is 1.13 bits per heavy atom. The molecule has 0 radical (unpaired) electrons. The molecule has 0 aromatic carbocycles.